The summed E-state index contributed by atoms with van der Waals surface area (Å²) in [6, 6.07) is 6.59. The van der Waals surface area contributed by atoms with E-state index in [1.165, 1.54) is 4.90 Å². The van der Waals surface area contributed by atoms with Crippen molar-refractivity contribution in [2.45, 2.75) is 19.9 Å². The second-order valence-electron chi connectivity index (χ2n) is 6.09. The molecule has 3 N–H and O–H groups in total. The topological polar surface area (TPSA) is 98.7 Å². The summed E-state index contributed by atoms with van der Waals surface area (Å²) in [7, 11) is 0. The van der Waals surface area contributed by atoms with Crippen molar-refractivity contribution >= 4 is 29.5 Å². The Morgan fingerprint density at radius 3 is 2.50 bits per heavy atom. The van der Waals surface area contributed by atoms with E-state index in [0.29, 0.717) is 24.5 Å². The number of aliphatic carboxylic acids is 1. The van der Waals surface area contributed by atoms with Gasteiger partial charge >= 0.3 is 12.0 Å². The van der Waals surface area contributed by atoms with Crippen LogP contribution in [0, 0.1) is 5.41 Å². The molecule has 0 bridgehead atoms. The third-order valence-corrected chi connectivity index (χ3v) is 4.36. The highest BCUT2D eigenvalue weighted by atomic mass is 35.5. The SMILES string of the molecule is CC1(C(=O)O)CCN(C(=O)CNC(=O)NCc2ccc(Cl)cc2)C1. The number of hydrogen-bond acceptors (Lipinski definition) is 3. The van der Waals surface area contributed by atoms with E-state index in [0.717, 1.165) is 5.56 Å². The molecule has 3 amide bonds. The molecule has 1 atom stereocenters. The molecule has 2 rings (SSSR count). The number of nitrogens with one attached hydrogen (secondary N) is 2. The number of carbonyl (C=O) groups is 3. The quantitative estimate of drug-likeness (QED) is 0.746. The maximum atomic E-state index is 12.0. The number of hydrogen-bond donors (Lipinski definition) is 3. The van der Waals surface area contributed by atoms with Crippen molar-refractivity contribution in [1.29, 1.82) is 0 Å². The molecule has 1 aliphatic rings. The molecule has 1 aliphatic heterocycles. The molecule has 24 heavy (non-hydrogen) atoms. The van der Waals surface area contributed by atoms with E-state index in [4.69, 9.17) is 16.7 Å². The lowest BCUT2D eigenvalue weighted by Gasteiger charge is -2.20. The van der Waals surface area contributed by atoms with Crippen molar-refractivity contribution in [2.24, 2.45) is 5.41 Å². The number of carbonyl (C=O) groups excluding carboxylic acids is 2. The Bertz CT molecular complexity index is 635. The second kappa shape index (κ2) is 7.53. The number of amides is 3. The first-order valence-electron chi connectivity index (χ1n) is 7.57. The molecule has 1 heterocycles. The molecular formula is C16H20ClN3O4. The molecule has 1 fully saturated rings. The molecule has 130 valence electrons. The minimum atomic E-state index is -0.911. The lowest BCUT2D eigenvalue weighted by molar-refractivity contribution is -0.147. The predicted octanol–water partition coefficient (Wildman–Crippen LogP) is 1.46. The maximum absolute atomic E-state index is 12.0. The van der Waals surface area contributed by atoms with Gasteiger partial charge in [0.05, 0.1) is 12.0 Å². The van der Waals surface area contributed by atoms with Gasteiger partial charge in [-0.15, -0.1) is 0 Å². The molecule has 7 nitrogen and oxygen atoms in total. The van der Waals surface area contributed by atoms with Crippen LogP contribution in [0.1, 0.15) is 18.9 Å². The Labute approximate surface area is 145 Å². The number of likely N-dealkylation sites (tertiary alicyclic amines) is 1. The van der Waals surface area contributed by atoms with E-state index in [1.54, 1.807) is 31.2 Å². The smallest absolute Gasteiger partial charge is 0.315 e. The van der Waals surface area contributed by atoms with E-state index in [1.807, 2.05) is 0 Å². The standard InChI is InChI=1S/C16H20ClN3O4/c1-16(14(22)23)6-7-20(10-16)13(21)9-19-15(24)18-8-11-2-4-12(17)5-3-11/h2-5H,6-10H2,1H3,(H,22,23)(H2,18,19,24). The van der Waals surface area contributed by atoms with E-state index < -0.39 is 17.4 Å². The summed E-state index contributed by atoms with van der Waals surface area (Å²) in [5, 5.41) is 14.9. The summed E-state index contributed by atoms with van der Waals surface area (Å²) in [5.74, 6) is -1.20. The van der Waals surface area contributed by atoms with Crippen LogP contribution >= 0.6 is 11.6 Å². The number of halogens is 1. The van der Waals surface area contributed by atoms with Gasteiger partial charge in [-0.1, -0.05) is 23.7 Å². The third-order valence-electron chi connectivity index (χ3n) is 4.11. The maximum Gasteiger partial charge on any atom is 0.315 e. The average molecular weight is 354 g/mol. The zero-order valence-electron chi connectivity index (χ0n) is 13.3. The summed E-state index contributed by atoms with van der Waals surface area (Å²) in [5.41, 5.74) is -0.0235. The van der Waals surface area contributed by atoms with E-state index >= 15 is 0 Å². The molecule has 0 radical (unpaired) electrons. The van der Waals surface area contributed by atoms with Crippen LogP contribution in [-0.2, 0) is 16.1 Å². The number of nitrogens with zero attached hydrogens (tertiary/aromatic N) is 1. The van der Waals surface area contributed by atoms with Gasteiger partial charge in [0.15, 0.2) is 0 Å². The predicted molar refractivity (Wildman–Crippen MR) is 88.6 cm³/mol. The Kier molecular flexibility index (Phi) is 5.66. The second-order valence-corrected chi connectivity index (χ2v) is 6.53. The van der Waals surface area contributed by atoms with Crippen LogP contribution in [0.4, 0.5) is 4.79 Å². The van der Waals surface area contributed by atoms with Crippen LogP contribution in [0.15, 0.2) is 24.3 Å². The monoisotopic (exact) mass is 353 g/mol. The number of benzene rings is 1. The Morgan fingerprint density at radius 1 is 1.25 bits per heavy atom. The number of rotatable bonds is 5. The summed E-state index contributed by atoms with van der Waals surface area (Å²) < 4.78 is 0. The third kappa shape index (κ3) is 4.61. The van der Waals surface area contributed by atoms with Crippen LogP contribution in [0.2, 0.25) is 5.02 Å². The summed E-state index contributed by atoms with van der Waals surface area (Å²) in [4.78, 5) is 36.4. The number of carboxylic acids is 1. The molecular weight excluding hydrogens is 334 g/mol. The first-order valence-corrected chi connectivity index (χ1v) is 7.95. The van der Waals surface area contributed by atoms with Gasteiger partial charge in [0, 0.05) is 24.7 Å². The zero-order valence-corrected chi connectivity index (χ0v) is 14.1. The normalized spacial score (nSPS) is 19.8. The minimum Gasteiger partial charge on any atom is -0.481 e. The van der Waals surface area contributed by atoms with Crippen LogP contribution in [-0.4, -0.2) is 47.5 Å². The Hall–Kier alpha value is -2.28. The highest BCUT2D eigenvalue weighted by Crippen LogP contribution is 2.29. The molecule has 1 unspecified atom stereocenters. The van der Waals surface area contributed by atoms with Gasteiger partial charge in [-0.3, -0.25) is 9.59 Å². The highest BCUT2D eigenvalue weighted by molar-refractivity contribution is 6.30. The molecule has 0 aliphatic carbocycles. The zero-order chi connectivity index (χ0) is 17.7. The summed E-state index contributed by atoms with van der Waals surface area (Å²) >= 11 is 5.78. The average Bonchev–Trinajstić information content (AvgIpc) is 2.96. The van der Waals surface area contributed by atoms with Crippen LogP contribution in [0.25, 0.3) is 0 Å². The van der Waals surface area contributed by atoms with Crippen molar-refractivity contribution in [3.63, 3.8) is 0 Å². The van der Waals surface area contributed by atoms with Crippen molar-refractivity contribution < 1.29 is 19.5 Å². The molecule has 1 saturated heterocycles. The van der Waals surface area contributed by atoms with Gasteiger partial charge < -0.3 is 20.6 Å². The fraction of sp³-hybridized carbons (Fsp3) is 0.438. The lowest BCUT2D eigenvalue weighted by Crippen LogP contribution is -2.43. The molecule has 0 saturated carbocycles. The molecule has 1 aromatic rings. The van der Waals surface area contributed by atoms with Crippen molar-refractivity contribution in [2.75, 3.05) is 19.6 Å². The highest BCUT2D eigenvalue weighted by Gasteiger charge is 2.41. The van der Waals surface area contributed by atoms with Crippen molar-refractivity contribution in [1.82, 2.24) is 15.5 Å². The number of urea groups is 1. The van der Waals surface area contributed by atoms with Gasteiger partial charge in [-0.05, 0) is 31.0 Å². The van der Waals surface area contributed by atoms with Crippen molar-refractivity contribution in [3.8, 4) is 0 Å². The fourth-order valence-corrected chi connectivity index (χ4v) is 2.59. The van der Waals surface area contributed by atoms with E-state index in [2.05, 4.69) is 10.6 Å². The van der Waals surface area contributed by atoms with Gasteiger partial charge in [0.1, 0.15) is 0 Å². The molecule has 1 aromatic carbocycles. The van der Waals surface area contributed by atoms with Gasteiger partial charge in [0.2, 0.25) is 5.91 Å². The van der Waals surface area contributed by atoms with Gasteiger partial charge in [0.25, 0.3) is 0 Å². The summed E-state index contributed by atoms with van der Waals surface area (Å²) in [6.45, 7) is 2.32. The largest absolute Gasteiger partial charge is 0.481 e. The van der Waals surface area contributed by atoms with Gasteiger partial charge in [-0.2, -0.15) is 0 Å². The number of carboxylic acid groups (broad SMARTS) is 1. The van der Waals surface area contributed by atoms with Crippen LogP contribution < -0.4 is 10.6 Å². The summed E-state index contributed by atoms with van der Waals surface area (Å²) in [6.07, 6.45) is 0.414. The molecule has 8 heteroatoms. The van der Waals surface area contributed by atoms with Crippen LogP contribution in [0.3, 0.4) is 0 Å². The molecule has 0 spiro atoms. The van der Waals surface area contributed by atoms with E-state index in [9.17, 15) is 14.4 Å². The fourth-order valence-electron chi connectivity index (χ4n) is 2.46. The van der Waals surface area contributed by atoms with E-state index in [-0.39, 0.29) is 19.0 Å². The Morgan fingerprint density at radius 2 is 1.92 bits per heavy atom. The first-order chi connectivity index (χ1) is 11.3. The Balaban J connectivity index is 1.73. The van der Waals surface area contributed by atoms with Crippen LogP contribution in [0.5, 0.6) is 0 Å². The first kappa shape index (κ1) is 18.1. The lowest BCUT2D eigenvalue weighted by atomic mass is 9.90. The van der Waals surface area contributed by atoms with Crippen molar-refractivity contribution in [3.05, 3.63) is 34.9 Å². The minimum absolute atomic E-state index is 0.162. The van der Waals surface area contributed by atoms with Gasteiger partial charge in [-0.25, -0.2) is 4.79 Å². The molecule has 0 aromatic heterocycles.